The fourth-order valence-corrected chi connectivity index (χ4v) is 4.53. The lowest BCUT2D eigenvalue weighted by atomic mass is 10.1. The van der Waals surface area contributed by atoms with Crippen molar-refractivity contribution in [1.82, 2.24) is 0 Å². The third-order valence-corrected chi connectivity index (χ3v) is 5.86. The Balaban J connectivity index is 2.11. The van der Waals surface area contributed by atoms with Gasteiger partial charge < -0.3 is 9.47 Å². The van der Waals surface area contributed by atoms with Crippen molar-refractivity contribution in [3.63, 3.8) is 0 Å². The van der Waals surface area contributed by atoms with Crippen LogP contribution in [0.25, 0.3) is 0 Å². The van der Waals surface area contributed by atoms with Gasteiger partial charge in [0.15, 0.2) is 0 Å². The SMILES string of the molecule is COc1ccc(OC)c(S(=O)(=O)N2CCc3cc(C)ccc32)c1. The van der Waals surface area contributed by atoms with Crippen molar-refractivity contribution < 1.29 is 17.9 Å². The van der Waals surface area contributed by atoms with Gasteiger partial charge in [-0.15, -0.1) is 0 Å². The summed E-state index contributed by atoms with van der Waals surface area (Å²) in [7, 11) is -0.745. The van der Waals surface area contributed by atoms with Crippen LogP contribution in [0.3, 0.4) is 0 Å². The van der Waals surface area contributed by atoms with E-state index < -0.39 is 10.0 Å². The zero-order valence-corrected chi connectivity index (χ0v) is 14.2. The van der Waals surface area contributed by atoms with Crippen LogP contribution in [0.15, 0.2) is 41.3 Å². The lowest BCUT2D eigenvalue weighted by Gasteiger charge is -2.21. The van der Waals surface area contributed by atoms with E-state index in [4.69, 9.17) is 9.47 Å². The number of aryl methyl sites for hydroxylation is 1. The highest BCUT2D eigenvalue weighted by Gasteiger charge is 2.33. The van der Waals surface area contributed by atoms with Gasteiger partial charge in [-0.05, 0) is 37.1 Å². The number of fused-ring (bicyclic) bond motifs is 1. The fourth-order valence-electron chi connectivity index (χ4n) is 2.85. The smallest absolute Gasteiger partial charge is 0.268 e. The third kappa shape index (κ3) is 2.63. The molecule has 3 rings (SSSR count). The molecule has 0 bridgehead atoms. The van der Waals surface area contributed by atoms with Crippen molar-refractivity contribution in [3.05, 3.63) is 47.5 Å². The van der Waals surface area contributed by atoms with Crippen LogP contribution in [-0.2, 0) is 16.4 Å². The highest BCUT2D eigenvalue weighted by molar-refractivity contribution is 7.93. The van der Waals surface area contributed by atoms with Gasteiger partial charge in [0.25, 0.3) is 10.0 Å². The Morgan fingerprint density at radius 3 is 2.52 bits per heavy atom. The van der Waals surface area contributed by atoms with E-state index >= 15 is 0 Å². The first-order valence-corrected chi connectivity index (χ1v) is 8.75. The Bertz CT molecular complexity index is 846. The van der Waals surface area contributed by atoms with Crippen LogP contribution in [0.4, 0.5) is 5.69 Å². The van der Waals surface area contributed by atoms with E-state index in [1.54, 1.807) is 12.1 Å². The van der Waals surface area contributed by atoms with Gasteiger partial charge in [0.2, 0.25) is 0 Å². The molecule has 1 aliphatic rings. The topological polar surface area (TPSA) is 55.8 Å². The van der Waals surface area contributed by atoms with Crippen LogP contribution in [0.1, 0.15) is 11.1 Å². The fraction of sp³-hybridized carbons (Fsp3) is 0.294. The van der Waals surface area contributed by atoms with Crippen LogP contribution in [-0.4, -0.2) is 29.2 Å². The summed E-state index contributed by atoms with van der Waals surface area (Å²) in [5.74, 6) is 0.791. The molecular weight excluding hydrogens is 314 g/mol. The minimum absolute atomic E-state index is 0.118. The number of nitrogens with zero attached hydrogens (tertiary/aromatic N) is 1. The summed E-state index contributed by atoms with van der Waals surface area (Å²) < 4.78 is 38.1. The Kier molecular flexibility index (Phi) is 3.93. The molecule has 23 heavy (non-hydrogen) atoms. The molecule has 1 aliphatic heterocycles. The quantitative estimate of drug-likeness (QED) is 0.863. The van der Waals surface area contributed by atoms with Gasteiger partial charge in [0.1, 0.15) is 16.4 Å². The number of ether oxygens (including phenoxy) is 2. The van der Waals surface area contributed by atoms with E-state index in [9.17, 15) is 8.42 Å². The standard InChI is InChI=1S/C17H19NO4S/c1-12-4-6-15-13(10-12)8-9-18(15)23(19,20)17-11-14(21-2)5-7-16(17)22-3/h4-7,10-11H,8-9H2,1-3H3. The van der Waals surface area contributed by atoms with Crippen molar-refractivity contribution in [3.8, 4) is 11.5 Å². The molecule has 6 heteroatoms. The minimum Gasteiger partial charge on any atom is -0.497 e. The van der Waals surface area contributed by atoms with Gasteiger partial charge in [-0.3, -0.25) is 4.31 Å². The second-order valence-electron chi connectivity index (χ2n) is 5.48. The molecule has 0 spiro atoms. The first-order chi connectivity index (χ1) is 11.0. The number of rotatable bonds is 4. The molecule has 122 valence electrons. The predicted octanol–water partition coefficient (Wildman–Crippen LogP) is 2.76. The predicted molar refractivity (Wildman–Crippen MR) is 89.0 cm³/mol. The largest absolute Gasteiger partial charge is 0.497 e. The summed E-state index contributed by atoms with van der Waals surface area (Å²) in [6.07, 6.45) is 0.711. The number of hydrogen-bond acceptors (Lipinski definition) is 4. The lowest BCUT2D eigenvalue weighted by molar-refractivity contribution is 0.392. The number of methoxy groups -OCH3 is 2. The summed E-state index contributed by atoms with van der Waals surface area (Å²) in [5.41, 5.74) is 2.91. The average molecular weight is 333 g/mol. The molecule has 0 N–H and O–H groups in total. The summed E-state index contributed by atoms with van der Waals surface area (Å²) in [4.78, 5) is 0.118. The van der Waals surface area contributed by atoms with Gasteiger partial charge in [-0.1, -0.05) is 17.7 Å². The molecule has 0 atom stereocenters. The van der Waals surface area contributed by atoms with E-state index in [0.717, 1.165) is 16.8 Å². The van der Waals surface area contributed by atoms with E-state index in [1.165, 1.54) is 24.6 Å². The number of benzene rings is 2. The Hall–Kier alpha value is -2.21. The van der Waals surface area contributed by atoms with Crippen LogP contribution in [0.2, 0.25) is 0 Å². The lowest BCUT2D eigenvalue weighted by Crippen LogP contribution is -2.29. The number of hydrogen-bond donors (Lipinski definition) is 0. The second kappa shape index (κ2) is 5.77. The molecular formula is C17H19NO4S. The van der Waals surface area contributed by atoms with E-state index in [-0.39, 0.29) is 4.90 Å². The maximum Gasteiger partial charge on any atom is 0.268 e. The highest BCUT2D eigenvalue weighted by atomic mass is 32.2. The number of sulfonamides is 1. The van der Waals surface area contributed by atoms with Gasteiger partial charge in [0.05, 0.1) is 19.9 Å². The molecule has 0 fully saturated rings. The maximum atomic E-state index is 13.1. The van der Waals surface area contributed by atoms with E-state index in [1.807, 2.05) is 25.1 Å². The summed E-state index contributed by atoms with van der Waals surface area (Å²) >= 11 is 0. The summed E-state index contributed by atoms with van der Waals surface area (Å²) in [6.45, 7) is 2.43. The molecule has 0 saturated carbocycles. The minimum atomic E-state index is -3.71. The Morgan fingerprint density at radius 1 is 1.04 bits per heavy atom. The molecule has 0 radical (unpaired) electrons. The van der Waals surface area contributed by atoms with Crippen LogP contribution >= 0.6 is 0 Å². The molecule has 0 aromatic heterocycles. The van der Waals surface area contributed by atoms with E-state index in [0.29, 0.717) is 24.5 Å². The maximum absolute atomic E-state index is 13.1. The molecule has 1 heterocycles. The summed E-state index contributed by atoms with van der Waals surface area (Å²) in [5, 5.41) is 0. The second-order valence-corrected chi connectivity index (χ2v) is 7.31. The van der Waals surface area contributed by atoms with Crippen molar-refractivity contribution in [1.29, 1.82) is 0 Å². The molecule has 2 aromatic carbocycles. The Morgan fingerprint density at radius 2 is 1.83 bits per heavy atom. The van der Waals surface area contributed by atoms with Crippen molar-refractivity contribution >= 4 is 15.7 Å². The molecule has 0 amide bonds. The van der Waals surface area contributed by atoms with Gasteiger partial charge in [-0.2, -0.15) is 0 Å². The van der Waals surface area contributed by atoms with Crippen LogP contribution in [0.5, 0.6) is 11.5 Å². The van der Waals surface area contributed by atoms with Gasteiger partial charge >= 0.3 is 0 Å². The zero-order chi connectivity index (χ0) is 16.6. The van der Waals surface area contributed by atoms with Gasteiger partial charge in [0, 0.05) is 12.6 Å². The average Bonchev–Trinajstić information content (AvgIpc) is 2.97. The van der Waals surface area contributed by atoms with Crippen molar-refractivity contribution in [2.24, 2.45) is 0 Å². The zero-order valence-electron chi connectivity index (χ0n) is 13.4. The molecule has 0 unspecified atom stereocenters. The molecule has 2 aromatic rings. The molecule has 5 nitrogen and oxygen atoms in total. The molecule has 0 aliphatic carbocycles. The first kappa shape index (κ1) is 15.7. The molecule has 0 saturated heterocycles. The number of anilines is 1. The van der Waals surface area contributed by atoms with Crippen molar-refractivity contribution in [2.45, 2.75) is 18.2 Å². The van der Waals surface area contributed by atoms with Gasteiger partial charge in [-0.25, -0.2) is 8.42 Å². The van der Waals surface area contributed by atoms with Crippen LogP contribution in [0, 0.1) is 6.92 Å². The normalized spacial score (nSPS) is 13.8. The first-order valence-electron chi connectivity index (χ1n) is 7.31. The van der Waals surface area contributed by atoms with E-state index in [2.05, 4.69) is 0 Å². The monoisotopic (exact) mass is 333 g/mol. The van der Waals surface area contributed by atoms with Crippen molar-refractivity contribution in [2.75, 3.05) is 25.1 Å². The highest BCUT2D eigenvalue weighted by Crippen LogP contribution is 2.37. The Labute approximate surface area is 136 Å². The summed E-state index contributed by atoms with van der Waals surface area (Å²) in [6, 6.07) is 10.6. The third-order valence-electron chi connectivity index (χ3n) is 4.03. The van der Waals surface area contributed by atoms with Crippen LogP contribution < -0.4 is 13.8 Å².